The van der Waals surface area contributed by atoms with Crippen LogP contribution in [0.15, 0.2) is 114 Å². The summed E-state index contributed by atoms with van der Waals surface area (Å²) in [5, 5.41) is 8.80. The van der Waals surface area contributed by atoms with E-state index in [1.807, 2.05) is 74.5 Å². The molecule has 0 aliphatic heterocycles. The van der Waals surface area contributed by atoms with Gasteiger partial charge in [-0.3, -0.25) is 14.4 Å². The van der Waals surface area contributed by atoms with Crippen LogP contribution in [0.5, 0.6) is 0 Å². The number of amides is 3. The molecule has 208 valence electrons. The van der Waals surface area contributed by atoms with E-state index in [0.717, 1.165) is 16.0 Å². The molecular weight excluding hydrogens is 554 g/mol. The number of aryl methyl sites for hydroxylation is 1. The molecule has 0 aromatic heterocycles. The standard InChI is InChI=1S/C33H30ClN3O3S/c1-3-30(33(40)36-28-20-25(34)18-17-22(28)2)41-27-16-10-15-26(21-27)35-32(39)29(19-23-11-6-4-7-12-23)37-31(38)24-13-8-5-9-14-24/h4-21,30H,3H2,1-2H3,(H,35,39)(H,36,40)(H,37,38)/b29-19-. The number of hydrogen-bond acceptors (Lipinski definition) is 4. The molecule has 0 spiro atoms. The van der Waals surface area contributed by atoms with Crippen molar-refractivity contribution in [1.82, 2.24) is 5.32 Å². The van der Waals surface area contributed by atoms with Gasteiger partial charge in [0.2, 0.25) is 5.91 Å². The van der Waals surface area contributed by atoms with Gasteiger partial charge in [-0.05, 0) is 73.0 Å². The molecule has 1 atom stereocenters. The number of halogens is 1. The van der Waals surface area contributed by atoms with Gasteiger partial charge in [-0.1, -0.05) is 79.2 Å². The third-order valence-corrected chi connectivity index (χ3v) is 7.72. The van der Waals surface area contributed by atoms with Gasteiger partial charge < -0.3 is 16.0 Å². The number of rotatable bonds is 10. The summed E-state index contributed by atoms with van der Waals surface area (Å²) in [5.74, 6) is -0.991. The molecule has 0 aliphatic rings. The van der Waals surface area contributed by atoms with Crippen molar-refractivity contribution in [3.8, 4) is 0 Å². The van der Waals surface area contributed by atoms with E-state index in [9.17, 15) is 14.4 Å². The minimum Gasteiger partial charge on any atom is -0.325 e. The van der Waals surface area contributed by atoms with Gasteiger partial charge in [-0.25, -0.2) is 0 Å². The van der Waals surface area contributed by atoms with Gasteiger partial charge in [0.15, 0.2) is 0 Å². The monoisotopic (exact) mass is 583 g/mol. The third kappa shape index (κ3) is 8.58. The first-order valence-electron chi connectivity index (χ1n) is 13.1. The lowest BCUT2D eigenvalue weighted by molar-refractivity contribution is -0.116. The third-order valence-electron chi connectivity index (χ3n) is 6.13. The van der Waals surface area contributed by atoms with Crippen LogP contribution in [-0.4, -0.2) is 23.0 Å². The van der Waals surface area contributed by atoms with Gasteiger partial charge in [0.1, 0.15) is 5.70 Å². The molecule has 4 rings (SSSR count). The Morgan fingerprint density at radius 1 is 0.854 bits per heavy atom. The fraction of sp³-hybridized carbons (Fsp3) is 0.121. The number of hydrogen-bond donors (Lipinski definition) is 3. The molecule has 0 saturated carbocycles. The first-order valence-corrected chi connectivity index (χ1v) is 14.4. The lowest BCUT2D eigenvalue weighted by Crippen LogP contribution is -2.30. The largest absolute Gasteiger partial charge is 0.325 e. The van der Waals surface area contributed by atoms with E-state index in [-0.39, 0.29) is 22.8 Å². The quantitative estimate of drug-likeness (QED) is 0.133. The zero-order valence-corrected chi connectivity index (χ0v) is 24.3. The maximum absolute atomic E-state index is 13.4. The van der Waals surface area contributed by atoms with Gasteiger partial charge >= 0.3 is 0 Å². The Hall–Kier alpha value is -4.33. The van der Waals surface area contributed by atoms with Crippen LogP contribution in [0.25, 0.3) is 6.08 Å². The van der Waals surface area contributed by atoms with Crippen molar-refractivity contribution in [2.24, 2.45) is 0 Å². The maximum atomic E-state index is 13.4. The minimum atomic E-state index is -0.471. The molecule has 0 heterocycles. The van der Waals surface area contributed by atoms with Crippen molar-refractivity contribution in [2.75, 3.05) is 10.6 Å². The molecule has 3 N–H and O–H groups in total. The average Bonchev–Trinajstić information content (AvgIpc) is 2.98. The van der Waals surface area contributed by atoms with Gasteiger partial charge in [-0.2, -0.15) is 0 Å². The van der Waals surface area contributed by atoms with Crippen LogP contribution in [0.4, 0.5) is 11.4 Å². The molecule has 0 radical (unpaired) electrons. The summed E-state index contributed by atoms with van der Waals surface area (Å²) in [6.45, 7) is 3.86. The Bertz CT molecular complexity index is 1560. The molecule has 0 saturated heterocycles. The van der Waals surface area contributed by atoms with E-state index in [2.05, 4.69) is 16.0 Å². The fourth-order valence-electron chi connectivity index (χ4n) is 3.93. The predicted octanol–water partition coefficient (Wildman–Crippen LogP) is 7.57. The Morgan fingerprint density at radius 3 is 2.27 bits per heavy atom. The Kier molecular flexibility index (Phi) is 10.4. The van der Waals surface area contributed by atoms with E-state index in [1.165, 1.54) is 11.8 Å². The fourth-order valence-corrected chi connectivity index (χ4v) is 5.12. The zero-order valence-electron chi connectivity index (χ0n) is 22.7. The SMILES string of the molecule is CCC(Sc1cccc(NC(=O)/C(=C/c2ccccc2)NC(=O)c2ccccc2)c1)C(=O)Nc1cc(Cl)ccc1C. The van der Waals surface area contributed by atoms with E-state index in [4.69, 9.17) is 11.6 Å². The summed E-state index contributed by atoms with van der Waals surface area (Å²) in [7, 11) is 0. The van der Waals surface area contributed by atoms with Crippen LogP contribution in [0.1, 0.15) is 34.8 Å². The summed E-state index contributed by atoms with van der Waals surface area (Å²) in [6.07, 6.45) is 2.23. The summed E-state index contributed by atoms with van der Waals surface area (Å²) in [6, 6.07) is 30.6. The molecule has 3 amide bonds. The lowest BCUT2D eigenvalue weighted by Gasteiger charge is -2.17. The number of carbonyl (C=O) groups excluding carboxylic acids is 3. The number of nitrogens with one attached hydrogen (secondary N) is 3. The van der Waals surface area contributed by atoms with Crippen LogP contribution in [0, 0.1) is 6.92 Å². The molecule has 1 unspecified atom stereocenters. The van der Waals surface area contributed by atoms with Crippen molar-refractivity contribution >= 4 is 58.5 Å². The van der Waals surface area contributed by atoms with Gasteiger partial charge in [0.05, 0.1) is 5.25 Å². The molecule has 4 aromatic carbocycles. The second-order valence-electron chi connectivity index (χ2n) is 9.23. The van der Waals surface area contributed by atoms with E-state index in [0.29, 0.717) is 28.4 Å². The van der Waals surface area contributed by atoms with Crippen molar-refractivity contribution in [2.45, 2.75) is 30.4 Å². The van der Waals surface area contributed by atoms with Crippen molar-refractivity contribution < 1.29 is 14.4 Å². The van der Waals surface area contributed by atoms with Crippen molar-refractivity contribution in [3.05, 3.63) is 131 Å². The molecule has 0 bridgehead atoms. The highest BCUT2D eigenvalue weighted by Crippen LogP contribution is 2.29. The van der Waals surface area contributed by atoms with Gasteiger partial charge in [0.25, 0.3) is 11.8 Å². The zero-order chi connectivity index (χ0) is 29.2. The van der Waals surface area contributed by atoms with Crippen molar-refractivity contribution in [3.63, 3.8) is 0 Å². The summed E-state index contributed by atoms with van der Waals surface area (Å²) in [5.41, 5.74) is 3.44. The number of carbonyl (C=O) groups is 3. The first kappa shape index (κ1) is 29.6. The normalized spacial score (nSPS) is 11.8. The Morgan fingerprint density at radius 2 is 1.56 bits per heavy atom. The average molecular weight is 584 g/mol. The van der Waals surface area contributed by atoms with Crippen LogP contribution in [-0.2, 0) is 9.59 Å². The molecular formula is C33H30ClN3O3S. The molecule has 41 heavy (non-hydrogen) atoms. The molecule has 8 heteroatoms. The van der Waals surface area contributed by atoms with E-state index >= 15 is 0 Å². The highest BCUT2D eigenvalue weighted by molar-refractivity contribution is 8.00. The topological polar surface area (TPSA) is 87.3 Å². The van der Waals surface area contributed by atoms with Gasteiger partial charge in [-0.15, -0.1) is 11.8 Å². The predicted molar refractivity (Wildman–Crippen MR) is 168 cm³/mol. The van der Waals surface area contributed by atoms with Crippen LogP contribution in [0.2, 0.25) is 5.02 Å². The van der Waals surface area contributed by atoms with Crippen LogP contribution >= 0.6 is 23.4 Å². The first-order chi connectivity index (χ1) is 19.8. The molecule has 6 nitrogen and oxygen atoms in total. The molecule has 0 fully saturated rings. The minimum absolute atomic E-state index is 0.103. The van der Waals surface area contributed by atoms with Crippen LogP contribution < -0.4 is 16.0 Å². The number of benzene rings is 4. The second-order valence-corrected chi connectivity index (χ2v) is 10.9. The Balaban J connectivity index is 1.49. The smallest absolute Gasteiger partial charge is 0.272 e. The molecule has 0 aliphatic carbocycles. The lowest BCUT2D eigenvalue weighted by atomic mass is 10.1. The van der Waals surface area contributed by atoms with E-state index in [1.54, 1.807) is 48.5 Å². The maximum Gasteiger partial charge on any atom is 0.272 e. The van der Waals surface area contributed by atoms with Gasteiger partial charge in [0, 0.05) is 26.9 Å². The molecule has 4 aromatic rings. The van der Waals surface area contributed by atoms with E-state index < -0.39 is 5.91 Å². The van der Waals surface area contributed by atoms with Crippen molar-refractivity contribution in [1.29, 1.82) is 0 Å². The summed E-state index contributed by atoms with van der Waals surface area (Å²) < 4.78 is 0. The number of anilines is 2. The summed E-state index contributed by atoms with van der Waals surface area (Å²) >= 11 is 7.52. The highest BCUT2D eigenvalue weighted by Gasteiger charge is 2.20. The summed E-state index contributed by atoms with van der Waals surface area (Å²) in [4.78, 5) is 40.1. The number of thioether (sulfide) groups is 1. The second kappa shape index (κ2) is 14.3. The Labute approximate surface area is 249 Å². The van der Waals surface area contributed by atoms with Crippen LogP contribution in [0.3, 0.4) is 0 Å². The highest BCUT2D eigenvalue weighted by atomic mass is 35.5.